The summed E-state index contributed by atoms with van der Waals surface area (Å²) in [5.74, 6) is -0.910. The molecule has 0 spiro atoms. The summed E-state index contributed by atoms with van der Waals surface area (Å²) in [6, 6.07) is 10.2. The van der Waals surface area contributed by atoms with Gasteiger partial charge in [0, 0.05) is 24.7 Å². The number of aromatic nitrogens is 2. The quantitative estimate of drug-likeness (QED) is 0.521. The number of halogens is 2. The van der Waals surface area contributed by atoms with Gasteiger partial charge in [-0.25, -0.2) is 13.8 Å². The van der Waals surface area contributed by atoms with Gasteiger partial charge < -0.3 is 15.2 Å². The summed E-state index contributed by atoms with van der Waals surface area (Å²) in [5.41, 5.74) is 4.63. The van der Waals surface area contributed by atoms with E-state index >= 15 is 0 Å². The van der Waals surface area contributed by atoms with Gasteiger partial charge in [-0.05, 0) is 42.8 Å². The third kappa shape index (κ3) is 3.46. The zero-order valence-corrected chi connectivity index (χ0v) is 16.9. The number of alkyl halides is 1. The second-order valence-electron chi connectivity index (χ2n) is 7.55. The molecule has 1 aliphatic heterocycles. The fourth-order valence-electron chi connectivity index (χ4n) is 4.04. The van der Waals surface area contributed by atoms with E-state index in [0.717, 1.165) is 15.8 Å². The first-order chi connectivity index (χ1) is 14.6. The van der Waals surface area contributed by atoms with E-state index in [-0.39, 0.29) is 17.5 Å². The number of piperidine rings is 1. The Morgan fingerprint density at radius 1 is 1.33 bits per heavy atom. The number of nitrogens with zero attached hydrogens (tertiary/aromatic N) is 2. The number of hydrogen-bond donors (Lipinski definition) is 2. The van der Waals surface area contributed by atoms with Crippen molar-refractivity contribution < 1.29 is 13.6 Å². The van der Waals surface area contributed by atoms with Crippen LogP contribution in [0.3, 0.4) is 0 Å². The SMILES string of the molecule is O=C(NC1CCNC[C@@H]1F)c1cn(Cc2ccc3ncsc3c2)c2cccc(F)c12. The molecule has 2 aromatic heterocycles. The maximum absolute atomic E-state index is 14.7. The van der Waals surface area contributed by atoms with Gasteiger partial charge in [-0.3, -0.25) is 4.79 Å². The van der Waals surface area contributed by atoms with Crippen molar-refractivity contribution in [1.82, 2.24) is 20.2 Å². The number of thiazole rings is 1. The van der Waals surface area contributed by atoms with Crippen LogP contribution in [0.15, 0.2) is 48.1 Å². The summed E-state index contributed by atoms with van der Waals surface area (Å²) in [6.45, 7) is 1.34. The number of carbonyl (C=O) groups is 1. The highest BCUT2D eigenvalue weighted by Crippen LogP contribution is 2.27. The molecule has 2 N–H and O–H groups in total. The summed E-state index contributed by atoms with van der Waals surface area (Å²) in [7, 11) is 0. The average molecular weight is 426 g/mol. The standard InChI is InChI=1S/C22H20F2N4OS/c23-15-2-1-3-19-21(15)14(22(29)27-17-6-7-25-9-16(17)24)11-28(19)10-13-4-5-18-20(8-13)30-12-26-18/h1-5,8,11-12,16-17,25H,6-7,9-10H2,(H,27,29)/t16-,17?/m0/s1. The Bertz CT molecular complexity index is 1230. The predicted molar refractivity (Wildman–Crippen MR) is 114 cm³/mol. The van der Waals surface area contributed by atoms with Gasteiger partial charge in [-0.15, -0.1) is 11.3 Å². The minimum absolute atomic E-state index is 0.209. The molecule has 154 valence electrons. The van der Waals surface area contributed by atoms with E-state index in [2.05, 4.69) is 21.7 Å². The predicted octanol–water partition coefficient (Wildman–Crippen LogP) is 3.87. The minimum Gasteiger partial charge on any atom is -0.346 e. The van der Waals surface area contributed by atoms with Crippen molar-refractivity contribution in [3.8, 4) is 0 Å². The van der Waals surface area contributed by atoms with Crippen molar-refractivity contribution in [2.75, 3.05) is 13.1 Å². The summed E-state index contributed by atoms with van der Waals surface area (Å²) in [6.07, 6.45) is 1.00. The van der Waals surface area contributed by atoms with E-state index in [0.29, 0.717) is 25.0 Å². The Hall–Kier alpha value is -2.84. The molecular formula is C22H20F2N4OS. The van der Waals surface area contributed by atoms with Crippen molar-refractivity contribution in [3.63, 3.8) is 0 Å². The summed E-state index contributed by atoms with van der Waals surface area (Å²) in [5, 5.41) is 5.99. The van der Waals surface area contributed by atoms with Gasteiger partial charge >= 0.3 is 0 Å². The first-order valence-electron chi connectivity index (χ1n) is 9.85. The molecule has 30 heavy (non-hydrogen) atoms. The Kier molecular flexibility index (Phi) is 4.96. The van der Waals surface area contributed by atoms with Crippen LogP contribution in [-0.2, 0) is 6.54 Å². The third-order valence-corrected chi connectivity index (χ3v) is 6.36. The second-order valence-corrected chi connectivity index (χ2v) is 8.43. The van der Waals surface area contributed by atoms with Crippen LogP contribution in [0.1, 0.15) is 22.3 Å². The highest BCUT2D eigenvalue weighted by molar-refractivity contribution is 7.16. The molecule has 1 fully saturated rings. The number of fused-ring (bicyclic) bond motifs is 2. The lowest BCUT2D eigenvalue weighted by atomic mass is 10.0. The molecular weight excluding hydrogens is 406 g/mol. The summed E-state index contributed by atoms with van der Waals surface area (Å²) < 4.78 is 31.8. The molecule has 2 atom stereocenters. The Morgan fingerprint density at radius 3 is 3.10 bits per heavy atom. The maximum atomic E-state index is 14.7. The molecule has 0 aliphatic carbocycles. The van der Waals surface area contributed by atoms with Crippen molar-refractivity contribution in [2.45, 2.75) is 25.2 Å². The second kappa shape index (κ2) is 7.77. The van der Waals surface area contributed by atoms with Crippen LogP contribution in [0.4, 0.5) is 8.78 Å². The van der Waals surface area contributed by atoms with E-state index < -0.39 is 23.9 Å². The number of hydrogen-bond acceptors (Lipinski definition) is 4. The average Bonchev–Trinajstić information content (AvgIpc) is 3.35. The number of carbonyl (C=O) groups excluding carboxylic acids is 1. The number of nitrogens with one attached hydrogen (secondary N) is 2. The lowest BCUT2D eigenvalue weighted by Crippen LogP contribution is -2.50. The molecule has 5 nitrogen and oxygen atoms in total. The van der Waals surface area contributed by atoms with E-state index in [4.69, 9.17) is 0 Å². The molecule has 1 aliphatic rings. The van der Waals surface area contributed by atoms with Crippen LogP contribution >= 0.6 is 11.3 Å². The van der Waals surface area contributed by atoms with Gasteiger partial charge in [0.15, 0.2) is 0 Å². The fraction of sp³-hybridized carbons (Fsp3) is 0.273. The summed E-state index contributed by atoms with van der Waals surface area (Å²) >= 11 is 1.56. The van der Waals surface area contributed by atoms with Gasteiger partial charge in [0.25, 0.3) is 5.91 Å². The van der Waals surface area contributed by atoms with Gasteiger partial charge in [0.2, 0.25) is 0 Å². The molecule has 1 unspecified atom stereocenters. The highest BCUT2D eigenvalue weighted by atomic mass is 32.1. The number of rotatable bonds is 4. The van der Waals surface area contributed by atoms with Crippen molar-refractivity contribution >= 4 is 38.4 Å². The van der Waals surface area contributed by atoms with Crippen molar-refractivity contribution in [1.29, 1.82) is 0 Å². The smallest absolute Gasteiger partial charge is 0.253 e. The molecule has 1 amide bonds. The zero-order valence-electron chi connectivity index (χ0n) is 16.1. The Labute approximate surface area is 175 Å². The highest BCUT2D eigenvalue weighted by Gasteiger charge is 2.28. The van der Waals surface area contributed by atoms with Crippen LogP contribution in [-0.4, -0.2) is 40.8 Å². The van der Waals surface area contributed by atoms with E-state index in [9.17, 15) is 13.6 Å². The molecule has 0 bridgehead atoms. The van der Waals surface area contributed by atoms with Crippen LogP contribution in [0, 0.1) is 5.82 Å². The lowest BCUT2D eigenvalue weighted by Gasteiger charge is -2.27. The number of amides is 1. The molecule has 4 aromatic rings. The van der Waals surface area contributed by atoms with E-state index in [1.807, 2.05) is 16.7 Å². The van der Waals surface area contributed by atoms with Crippen LogP contribution in [0.25, 0.3) is 21.1 Å². The van der Waals surface area contributed by atoms with Gasteiger partial charge in [-0.2, -0.15) is 0 Å². The first kappa shape index (κ1) is 19.1. The zero-order chi connectivity index (χ0) is 20.7. The molecule has 0 saturated carbocycles. The van der Waals surface area contributed by atoms with E-state index in [1.165, 1.54) is 6.07 Å². The summed E-state index contributed by atoms with van der Waals surface area (Å²) in [4.78, 5) is 17.2. The number of benzene rings is 2. The van der Waals surface area contributed by atoms with E-state index in [1.54, 1.807) is 35.2 Å². The van der Waals surface area contributed by atoms with Crippen LogP contribution < -0.4 is 10.6 Å². The monoisotopic (exact) mass is 426 g/mol. The molecule has 0 radical (unpaired) electrons. The fourth-order valence-corrected chi connectivity index (χ4v) is 4.78. The topological polar surface area (TPSA) is 59.0 Å². The van der Waals surface area contributed by atoms with Crippen LogP contribution in [0.2, 0.25) is 0 Å². The van der Waals surface area contributed by atoms with Gasteiger partial charge in [0.05, 0.1) is 32.8 Å². The third-order valence-electron chi connectivity index (χ3n) is 5.57. The Morgan fingerprint density at radius 2 is 2.23 bits per heavy atom. The molecule has 5 rings (SSSR count). The van der Waals surface area contributed by atoms with Gasteiger partial charge in [-0.1, -0.05) is 12.1 Å². The largest absolute Gasteiger partial charge is 0.346 e. The first-order valence-corrected chi connectivity index (χ1v) is 10.7. The minimum atomic E-state index is -1.16. The van der Waals surface area contributed by atoms with Crippen molar-refractivity contribution in [3.05, 3.63) is 65.0 Å². The van der Waals surface area contributed by atoms with Gasteiger partial charge in [0.1, 0.15) is 12.0 Å². The molecule has 8 heteroatoms. The maximum Gasteiger partial charge on any atom is 0.253 e. The normalized spacial score (nSPS) is 19.4. The molecule has 2 aromatic carbocycles. The Balaban J connectivity index is 1.50. The molecule has 3 heterocycles. The van der Waals surface area contributed by atoms with Crippen molar-refractivity contribution in [2.24, 2.45) is 0 Å². The van der Waals surface area contributed by atoms with Crippen LogP contribution in [0.5, 0.6) is 0 Å². The lowest BCUT2D eigenvalue weighted by molar-refractivity contribution is 0.0893. The molecule has 1 saturated heterocycles.